The van der Waals surface area contributed by atoms with Crippen LogP contribution in [-0.2, 0) is 6.54 Å². The number of hydrogen-bond donors (Lipinski definition) is 2. The van der Waals surface area contributed by atoms with Gasteiger partial charge in [-0.1, -0.05) is 0 Å². The number of aromatic nitrogens is 1. The Bertz CT molecular complexity index is 797. The molecule has 2 N–H and O–H groups in total. The van der Waals surface area contributed by atoms with Crippen LogP contribution in [0.5, 0.6) is 11.5 Å². The molecule has 0 bridgehead atoms. The molecule has 1 fully saturated rings. The first kappa shape index (κ1) is 16.8. The van der Waals surface area contributed by atoms with Gasteiger partial charge < -0.3 is 19.4 Å². The third-order valence-electron chi connectivity index (χ3n) is 5.32. The molecule has 2 unspecified atom stereocenters. The quantitative estimate of drug-likeness (QED) is 0.898. The van der Waals surface area contributed by atoms with Gasteiger partial charge in [-0.25, -0.2) is 0 Å². The largest absolute Gasteiger partial charge is 0.496 e. The highest BCUT2D eigenvalue weighted by Gasteiger charge is 2.25. The number of likely N-dealkylation sites (tertiary alicyclic amines) is 1. The Balaban J connectivity index is 2.13. The summed E-state index contributed by atoms with van der Waals surface area (Å²) in [6, 6.07) is 4.22. The molecular formula is C19H27N2O3+. The molecule has 0 aliphatic carbocycles. The van der Waals surface area contributed by atoms with E-state index < -0.39 is 0 Å². The van der Waals surface area contributed by atoms with E-state index in [1.807, 2.05) is 13.0 Å². The van der Waals surface area contributed by atoms with Gasteiger partial charge >= 0.3 is 0 Å². The van der Waals surface area contributed by atoms with Gasteiger partial charge in [-0.3, -0.25) is 4.79 Å². The second-order valence-electron chi connectivity index (χ2n) is 6.76. The van der Waals surface area contributed by atoms with E-state index >= 15 is 0 Å². The fourth-order valence-corrected chi connectivity index (χ4v) is 3.79. The number of hydrogen-bond acceptors (Lipinski definition) is 3. The van der Waals surface area contributed by atoms with Crippen molar-refractivity contribution in [3.63, 3.8) is 0 Å². The number of pyridine rings is 1. The third-order valence-corrected chi connectivity index (χ3v) is 5.32. The predicted octanol–water partition coefficient (Wildman–Crippen LogP) is 1.81. The number of aryl methyl sites for hydroxylation is 1. The van der Waals surface area contributed by atoms with Crippen LogP contribution in [0.3, 0.4) is 0 Å². The van der Waals surface area contributed by atoms with Gasteiger partial charge in [0, 0.05) is 5.69 Å². The van der Waals surface area contributed by atoms with Crippen molar-refractivity contribution in [1.29, 1.82) is 0 Å². The van der Waals surface area contributed by atoms with Crippen molar-refractivity contribution >= 4 is 10.9 Å². The highest BCUT2D eigenvalue weighted by molar-refractivity contribution is 5.90. The number of methoxy groups -OCH3 is 2. The van der Waals surface area contributed by atoms with Crippen molar-refractivity contribution in [3.05, 3.63) is 33.6 Å². The topological polar surface area (TPSA) is 55.8 Å². The normalized spacial score (nSPS) is 21.0. The minimum absolute atomic E-state index is 0.0577. The number of aromatic amines is 1. The van der Waals surface area contributed by atoms with Crippen molar-refractivity contribution in [2.24, 2.45) is 0 Å². The van der Waals surface area contributed by atoms with Gasteiger partial charge in [0.15, 0.2) is 0 Å². The van der Waals surface area contributed by atoms with Crippen LogP contribution in [0.1, 0.15) is 37.4 Å². The molecule has 5 heteroatoms. The van der Waals surface area contributed by atoms with Crippen molar-refractivity contribution < 1.29 is 14.4 Å². The third kappa shape index (κ3) is 2.88. The first-order valence-electron chi connectivity index (χ1n) is 8.67. The van der Waals surface area contributed by atoms with Crippen LogP contribution in [0.15, 0.2) is 16.9 Å². The predicted molar refractivity (Wildman–Crippen MR) is 95.3 cm³/mol. The van der Waals surface area contributed by atoms with Crippen LogP contribution in [0.2, 0.25) is 0 Å². The molecule has 24 heavy (non-hydrogen) atoms. The maximum Gasteiger partial charge on any atom is 0.202 e. The van der Waals surface area contributed by atoms with Gasteiger partial charge in [0.25, 0.3) is 0 Å². The lowest BCUT2D eigenvalue weighted by molar-refractivity contribution is -0.942. The van der Waals surface area contributed by atoms with E-state index in [9.17, 15) is 4.79 Å². The summed E-state index contributed by atoms with van der Waals surface area (Å²) in [5, 5.41) is 0.585. The fourth-order valence-electron chi connectivity index (χ4n) is 3.79. The van der Waals surface area contributed by atoms with Gasteiger partial charge in [-0.2, -0.15) is 0 Å². The number of nitrogens with one attached hydrogen (secondary N) is 2. The molecule has 0 spiro atoms. The zero-order valence-electron chi connectivity index (χ0n) is 15.0. The molecule has 0 saturated carbocycles. The van der Waals surface area contributed by atoms with Crippen molar-refractivity contribution in [3.8, 4) is 11.5 Å². The molecule has 1 aliphatic rings. The average Bonchev–Trinajstić information content (AvgIpc) is 2.59. The number of piperidine rings is 1. The van der Waals surface area contributed by atoms with E-state index in [1.54, 1.807) is 20.3 Å². The van der Waals surface area contributed by atoms with E-state index in [-0.39, 0.29) is 5.43 Å². The smallest absolute Gasteiger partial charge is 0.202 e. The lowest BCUT2D eigenvalue weighted by Crippen LogP contribution is -3.15. The van der Waals surface area contributed by atoms with Crippen molar-refractivity contribution in [2.45, 2.75) is 45.7 Å². The molecule has 2 atom stereocenters. The summed E-state index contributed by atoms with van der Waals surface area (Å²) in [5.41, 5.74) is 2.55. The second-order valence-corrected chi connectivity index (χ2v) is 6.76. The Morgan fingerprint density at radius 3 is 2.58 bits per heavy atom. The van der Waals surface area contributed by atoms with E-state index in [2.05, 4.69) is 11.9 Å². The van der Waals surface area contributed by atoms with E-state index in [0.717, 1.165) is 24.3 Å². The Labute approximate surface area is 142 Å². The first-order valence-corrected chi connectivity index (χ1v) is 8.67. The molecule has 1 aromatic heterocycles. The SMILES string of the molecule is COc1ccc(OC)c2c(=O)c(C[NH+]3CCCCC3C)c(C)[nH]c12. The maximum atomic E-state index is 13.2. The second kappa shape index (κ2) is 6.85. The molecule has 130 valence electrons. The molecule has 5 nitrogen and oxygen atoms in total. The van der Waals surface area contributed by atoms with E-state index in [1.165, 1.54) is 24.2 Å². The number of rotatable bonds is 4. The van der Waals surface area contributed by atoms with Crippen LogP contribution in [0, 0.1) is 6.92 Å². The first-order chi connectivity index (χ1) is 11.6. The lowest BCUT2D eigenvalue weighted by atomic mass is 10.0. The summed E-state index contributed by atoms with van der Waals surface area (Å²) < 4.78 is 10.8. The summed E-state index contributed by atoms with van der Waals surface area (Å²) >= 11 is 0. The summed E-state index contributed by atoms with van der Waals surface area (Å²) in [6.45, 7) is 6.15. The zero-order chi connectivity index (χ0) is 17.3. The molecule has 2 aromatic rings. The minimum atomic E-state index is 0.0577. The molecule has 3 rings (SSSR count). The van der Waals surface area contributed by atoms with Crippen molar-refractivity contribution in [1.82, 2.24) is 4.98 Å². The van der Waals surface area contributed by atoms with Gasteiger partial charge in [0.2, 0.25) is 5.43 Å². The van der Waals surface area contributed by atoms with Crippen LogP contribution < -0.4 is 19.8 Å². The van der Waals surface area contributed by atoms with Crippen LogP contribution in [-0.4, -0.2) is 31.8 Å². The molecule has 1 aliphatic heterocycles. The van der Waals surface area contributed by atoms with Gasteiger partial charge in [0.05, 0.1) is 43.3 Å². The standard InChI is InChI=1S/C19H26N2O3/c1-12-7-5-6-10-21(12)11-14-13(2)20-18-16(24-4)9-8-15(23-3)17(18)19(14)22/h8-9,12H,5-7,10-11H2,1-4H3,(H,20,22)/p+1. The number of benzene rings is 1. The molecule has 1 aromatic carbocycles. The van der Waals surface area contributed by atoms with Crippen LogP contribution in [0.25, 0.3) is 10.9 Å². The molecule has 2 heterocycles. The Morgan fingerprint density at radius 2 is 1.92 bits per heavy atom. The monoisotopic (exact) mass is 331 g/mol. The minimum Gasteiger partial charge on any atom is -0.496 e. The highest BCUT2D eigenvalue weighted by Crippen LogP contribution is 2.30. The molecular weight excluding hydrogens is 304 g/mol. The van der Waals surface area contributed by atoms with Gasteiger partial charge in [0.1, 0.15) is 18.0 Å². The summed E-state index contributed by atoms with van der Waals surface area (Å²) in [5.74, 6) is 1.26. The number of fused-ring (bicyclic) bond motifs is 1. The highest BCUT2D eigenvalue weighted by atomic mass is 16.5. The summed E-state index contributed by atoms with van der Waals surface area (Å²) in [7, 11) is 3.21. The summed E-state index contributed by atoms with van der Waals surface area (Å²) in [4.78, 5) is 18.1. The van der Waals surface area contributed by atoms with Crippen molar-refractivity contribution in [2.75, 3.05) is 20.8 Å². The Kier molecular flexibility index (Phi) is 4.81. The van der Waals surface area contributed by atoms with Gasteiger partial charge in [-0.05, 0) is 45.2 Å². The number of ether oxygens (including phenoxy) is 2. The number of H-pyrrole nitrogens is 1. The van der Waals surface area contributed by atoms with E-state index in [4.69, 9.17) is 9.47 Å². The Hall–Kier alpha value is -2.01. The summed E-state index contributed by atoms with van der Waals surface area (Å²) in [6.07, 6.45) is 3.76. The molecule has 0 amide bonds. The average molecular weight is 331 g/mol. The van der Waals surface area contributed by atoms with Gasteiger partial charge in [-0.15, -0.1) is 0 Å². The number of quaternary nitrogens is 1. The zero-order valence-corrected chi connectivity index (χ0v) is 15.0. The molecule has 0 radical (unpaired) electrons. The Morgan fingerprint density at radius 1 is 1.21 bits per heavy atom. The van der Waals surface area contributed by atoms with E-state index in [0.29, 0.717) is 28.4 Å². The van der Waals surface area contributed by atoms with Crippen LogP contribution in [0.4, 0.5) is 0 Å². The van der Waals surface area contributed by atoms with Crippen LogP contribution >= 0.6 is 0 Å². The molecule has 1 saturated heterocycles. The maximum absolute atomic E-state index is 13.2. The fraction of sp³-hybridized carbons (Fsp3) is 0.526. The lowest BCUT2D eigenvalue weighted by Gasteiger charge is -2.30.